The summed E-state index contributed by atoms with van der Waals surface area (Å²) in [5.74, 6) is 0. The number of fused-ring (bicyclic) bond motifs is 6. The van der Waals surface area contributed by atoms with E-state index in [2.05, 4.69) is 290 Å². The Balaban J connectivity index is 1.08. The maximum atomic E-state index is 7.09. The quantitative estimate of drug-likeness (QED) is 0.139. The number of furan rings is 1. The highest BCUT2D eigenvalue weighted by Gasteiger charge is 2.33. The van der Waals surface area contributed by atoms with E-state index >= 15 is 0 Å². The van der Waals surface area contributed by atoms with E-state index in [1.54, 1.807) is 0 Å². The summed E-state index contributed by atoms with van der Waals surface area (Å²) in [4.78, 5) is 4.79. The molecule has 1 N–H and O–H groups in total. The summed E-state index contributed by atoms with van der Waals surface area (Å²) in [5, 5.41) is 6.10. The Morgan fingerprint density at radius 3 is 1.61 bits per heavy atom. The average molecular weight is 921 g/mol. The maximum Gasteiger partial charge on any atom is 0.198 e. The Morgan fingerprint density at radius 2 is 0.958 bits per heavy atom. The summed E-state index contributed by atoms with van der Waals surface area (Å²) in [6.45, 7) is 2.22. The van der Waals surface area contributed by atoms with Crippen molar-refractivity contribution in [2.24, 2.45) is 0 Å². The van der Waals surface area contributed by atoms with Crippen LogP contribution in [-0.4, -0.2) is 7.28 Å². The normalized spacial score (nSPS) is 11.8. The highest BCUT2D eigenvalue weighted by molar-refractivity contribution is 6.74. The minimum atomic E-state index is 0.843. The zero-order chi connectivity index (χ0) is 48.0. The second-order valence-corrected chi connectivity index (χ2v) is 18.5. The Bertz CT molecular complexity index is 3880. The molecule has 4 nitrogen and oxygen atoms in total. The molecule has 0 amide bonds. The summed E-state index contributed by atoms with van der Waals surface area (Å²) in [5.41, 5.74) is 22.5. The number of nitrogens with zero attached hydrogens (tertiary/aromatic N) is 2. The lowest BCUT2D eigenvalue weighted by molar-refractivity contribution is 0.669. The van der Waals surface area contributed by atoms with Gasteiger partial charge in [-0.05, 0) is 130 Å². The maximum absolute atomic E-state index is 7.09. The van der Waals surface area contributed by atoms with Crippen molar-refractivity contribution in [1.29, 1.82) is 0 Å². The van der Waals surface area contributed by atoms with E-state index in [9.17, 15) is 0 Å². The molecule has 0 saturated carbocycles. The molecule has 339 valence electrons. The summed E-state index contributed by atoms with van der Waals surface area (Å²) < 4.78 is 7.09. The molecule has 1 aromatic heterocycles. The number of hydrogen-bond donors (Lipinski definition) is 1. The van der Waals surface area contributed by atoms with Gasteiger partial charge in [-0.3, -0.25) is 0 Å². The van der Waals surface area contributed by atoms with Crippen LogP contribution in [-0.2, 0) is 0 Å². The molecule has 0 unspecified atom stereocenters. The lowest BCUT2D eigenvalue weighted by Crippen LogP contribution is -2.41. The molecule has 1 aliphatic heterocycles. The molecular formula is C67H47BN3O. The van der Waals surface area contributed by atoms with Crippen LogP contribution in [0.4, 0.5) is 45.5 Å². The molecular weight excluding hydrogens is 874 g/mol. The highest BCUT2D eigenvalue weighted by atomic mass is 16.3. The molecule has 11 aromatic carbocycles. The van der Waals surface area contributed by atoms with E-state index in [0.717, 1.165) is 117 Å². The summed E-state index contributed by atoms with van der Waals surface area (Å²) in [6, 6.07) is 93.3. The molecule has 2 heterocycles. The standard InChI is InChI=1S/C67H47BN3O/c1-45-31-32-51(48-23-11-4-12-24-48)42-63(45)71-62-40-35-50(47-21-9-3-10-22-47)41-60(62)68-65-58(44-59-57-29-17-18-30-64(57)72-67(59)66(65)71)56-39-38-55(70(53-25-13-5-14-26-53)54-27-15-6-16-28-54)43-61(56)69-52-36-33-49(34-37-52)46-19-7-2-8-20-46/h2-44,69H,1H3. The molecule has 13 rings (SSSR count). The van der Waals surface area contributed by atoms with Crippen molar-refractivity contribution in [1.82, 2.24) is 0 Å². The highest BCUT2D eigenvalue weighted by Crippen LogP contribution is 2.48. The topological polar surface area (TPSA) is 31.6 Å². The lowest BCUT2D eigenvalue weighted by atomic mass is 9.57. The van der Waals surface area contributed by atoms with Gasteiger partial charge in [-0.25, -0.2) is 0 Å². The van der Waals surface area contributed by atoms with Gasteiger partial charge in [-0.15, -0.1) is 0 Å². The molecule has 12 aromatic rings. The van der Waals surface area contributed by atoms with Crippen LogP contribution < -0.4 is 26.0 Å². The van der Waals surface area contributed by atoms with Crippen LogP contribution in [0.15, 0.2) is 265 Å². The van der Waals surface area contributed by atoms with Crippen LogP contribution in [0.5, 0.6) is 0 Å². The number of rotatable bonds is 10. The Morgan fingerprint density at radius 1 is 0.417 bits per heavy atom. The third-order valence-electron chi connectivity index (χ3n) is 14.0. The average Bonchev–Trinajstić information content (AvgIpc) is 3.82. The smallest absolute Gasteiger partial charge is 0.198 e. The second-order valence-electron chi connectivity index (χ2n) is 18.5. The van der Waals surface area contributed by atoms with Gasteiger partial charge < -0.3 is 19.5 Å². The van der Waals surface area contributed by atoms with E-state index in [-0.39, 0.29) is 0 Å². The monoisotopic (exact) mass is 920 g/mol. The van der Waals surface area contributed by atoms with Crippen LogP contribution in [0.1, 0.15) is 5.56 Å². The molecule has 0 aliphatic carbocycles. The number of anilines is 8. The first-order valence-electron chi connectivity index (χ1n) is 24.6. The second kappa shape index (κ2) is 18.2. The summed E-state index contributed by atoms with van der Waals surface area (Å²) in [6.07, 6.45) is 0. The molecule has 5 heteroatoms. The predicted molar refractivity (Wildman–Crippen MR) is 304 cm³/mol. The number of para-hydroxylation sites is 3. The summed E-state index contributed by atoms with van der Waals surface area (Å²) >= 11 is 0. The van der Waals surface area contributed by atoms with Crippen LogP contribution in [0.25, 0.3) is 66.4 Å². The minimum Gasteiger partial charge on any atom is -0.454 e. The van der Waals surface area contributed by atoms with Crippen molar-refractivity contribution in [3.63, 3.8) is 0 Å². The van der Waals surface area contributed by atoms with E-state index in [0.29, 0.717) is 0 Å². The van der Waals surface area contributed by atoms with Gasteiger partial charge in [0, 0.05) is 56.1 Å². The molecule has 72 heavy (non-hydrogen) atoms. The van der Waals surface area contributed by atoms with Crippen LogP contribution in [0.3, 0.4) is 0 Å². The fourth-order valence-corrected chi connectivity index (χ4v) is 10.5. The van der Waals surface area contributed by atoms with Gasteiger partial charge in [0.1, 0.15) is 5.58 Å². The van der Waals surface area contributed by atoms with E-state index in [4.69, 9.17) is 4.42 Å². The van der Waals surface area contributed by atoms with Gasteiger partial charge in [0.15, 0.2) is 12.9 Å². The van der Waals surface area contributed by atoms with Crippen molar-refractivity contribution in [3.05, 3.63) is 266 Å². The van der Waals surface area contributed by atoms with Crippen LogP contribution in [0.2, 0.25) is 0 Å². The van der Waals surface area contributed by atoms with E-state index < -0.39 is 0 Å². The zero-order valence-electron chi connectivity index (χ0n) is 39.7. The number of benzene rings is 11. The fraction of sp³-hybridized carbons (Fsp3) is 0.0149. The third kappa shape index (κ3) is 7.78. The van der Waals surface area contributed by atoms with E-state index in [1.807, 2.05) is 0 Å². The Hall–Kier alpha value is -9.32. The van der Waals surface area contributed by atoms with Gasteiger partial charge >= 0.3 is 0 Å². The van der Waals surface area contributed by atoms with Crippen molar-refractivity contribution in [3.8, 4) is 44.5 Å². The van der Waals surface area contributed by atoms with Gasteiger partial charge in [-0.2, -0.15) is 0 Å². The van der Waals surface area contributed by atoms with Crippen molar-refractivity contribution in [2.45, 2.75) is 6.92 Å². The first-order chi connectivity index (χ1) is 35.6. The van der Waals surface area contributed by atoms with Gasteiger partial charge in [0.25, 0.3) is 0 Å². The van der Waals surface area contributed by atoms with Crippen LogP contribution >= 0.6 is 0 Å². The zero-order valence-corrected chi connectivity index (χ0v) is 39.7. The van der Waals surface area contributed by atoms with Crippen molar-refractivity contribution in [2.75, 3.05) is 15.1 Å². The molecule has 1 aliphatic rings. The molecule has 0 fully saturated rings. The number of hydrogen-bond acceptors (Lipinski definition) is 4. The number of nitrogens with one attached hydrogen (secondary N) is 1. The predicted octanol–water partition coefficient (Wildman–Crippen LogP) is 17.2. The van der Waals surface area contributed by atoms with E-state index in [1.165, 1.54) is 11.1 Å². The van der Waals surface area contributed by atoms with Gasteiger partial charge in [0.2, 0.25) is 0 Å². The molecule has 0 saturated heterocycles. The molecule has 1 radical (unpaired) electrons. The Labute approximate surface area is 421 Å². The molecule has 0 atom stereocenters. The summed E-state index contributed by atoms with van der Waals surface area (Å²) in [7, 11) is 2.39. The largest absolute Gasteiger partial charge is 0.454 e. The molecule has 0 bridgehead atoms. The fourth-order valence-electron chi connectivity index (χ4n) is 10.5. The third-order valence-corrected chi connectivity index (χ3v) is 14.0. The van der Waals surface area contributed by atoms with Gasteiger partial charge in [-0.1, -0.05) is 194 Å². The SMILES string of the molecule is Cc1ccc(-c2ccccc2)cc1N1c2ccc(-c3ccccc3)cc2[B]c2c(-c3ccc(N(c4ccccc4)c4ccccc4)cc3Nc3ccc(-c4ccccc4)cc3)cc3c(oc4ccccc43)c21. The minimum absolute atomic E-state index is 0.843. The van der Waals surface area contributed by atoms with Crippen molar-refractivity contribution >= 4 is 85.6 Å². The first kappa shape index (κ1) is 42.8. The lowest BCUT2D eigenvalue weighted by Gasteiger charge is -2.36. The van der Waals surface area contributed by atoms with Crippen LogP contribution in [0, 0.1) is 6.92 Å². The first-order valence-corrected chi connectivity index (χ1v) is 24.6. The Kier molecular flexibility index (Phi) is 10.8. The van der Waals surface area contributed by atoms with Gasteiger partial charge in [0.05, 0.1) is 5.69 Å². The van der Waals surface area contributed by atoms with Crippen molar-refractivity contribution < 1.29 is 4.42 Å². The molecule has 0 spiro atoms. The number of aryl methyl sites for hydroxylation is 1.